The van der Waals surface area contributed by atoms with Crippen molar-refractivity contribution in [2.24, 2.45) is 0 Å². The van der Waals surface area contributed by atoms with Gasteiger partial charge in [0.1, 0.15) is 12.2 Å². The summed E-state index contributed by atoms with van der Waals surface area (Å²) in [4.78, 5) is 22.3. The van der Waals surface area contributed by atoms with Gasteiger partial charge in [-0.3, -0.25) is 4.79 Å². The monoisotopic (exact) mass is 315 g/mol. The van der Waals surface area contributed by atoms with Crippen LogP contribution < -0.4 is 4.74 Å². The molecule has 0 amide bonds. The number of aromatic nitrogens is 3. The van der Waals surface area contributed by atoms with Crippen molar-refractivity contribution in [3.63, 3.8) is 0 Å². The van der Waals surface area contributed by atoms with Crippen LogP contribution in [0, 0.1) is 12.7 Å². The van der Waals surface area contributed by atoms with Crippen LogP contribution in [-0.4, -0.2) is 28.0 Å². The lowest BCUT2D eigenvalue weighted by atomic mass is 10.2. The first kappa shape index (κ1) is 15.0. The predicted octanol–water partition coefficient (Wildman–Crippen LogP) is 2.91. The fraction of sp³-hybridized carbons (Fsp3) is 0.188. The van der Waals surface area contributed by atoms with Crippen molar-refractivity contribution < 1.29 is 18.7 Å². The summed E-state index contributed by atoms with van der Waals surface area (Å²) >= 11 is 0. The molecule has 0 atom stereocenters. The van der Waals surface area contributed by atoms with Crippen LogP contribution in [0.4, 0.5) is 4.39 Å². The highest BCUT2D eigenvalue weighted by molar-refractivity contribution is 5.82. The zero-order valence-corrected chi connectivity index (χ0v) is 12.6. The second kappa shape index (κ2) is 6.04. The Bertz CT molecular complexity index is 876. The number of hydrogen-bond acceptors (Lipinski definition) is 5. The molecule has 0 fully saturated rings. The second-order valence-corrected chi connectivity index (χ2v) is 4.96. The number of carbonyl (C=O) groups is 1. The zero-order valence-electron chi connectivity index (χ0n) is 12.6. The van der Waals surface area contributed by atoms with Crippen molar-refractivity contribution in [3.8, 4) is 11.6 Å². The topological polar surface area (TPSA) is 77.1 Å². The number of carbonyl (C=O) groups excluding carboxylic acids is 1. The molecule has 0 aliphatic carbocycles. The van der Waals surface area contributed by atoms with Crippen molar-refractivity contribution in [3.05, 3.63) is 47.8 Å². The minimum Gasteiger partial charge on any atom is -0.469 e. The van der Waals surface area contributed by atoms with Crippen LogP contribution in [0.25, 0.3) is 10.9 Å². The first-order chi connectivity index (χ1) is 11.1. The van der Waals surface area contributed by atoms with Crippen LogP contribution in [0.2, 0.25) is 0 Å². The molecule has 0 saturated carbocycles. The van der Waals surface area contributed by atoms with Gasteiger partial charge in [0.25, 0.3) is 0 Å². The van der Waals surface area contributed by atoms with Crippen LogP contribution in [-0.2, 0) is 16.0 Å². The number of halogens is 1. The predicted molar refractivity (Wildman–Crippen MR) is 80.8 cm³/mol. The lowest BCUT2D eigenvalue weighted by Gasteiger charge is -2.07. The van der Waals surface area contributed by atoms with Crippen LogP contribution in [0.3, 0.4) is 0 Å². The zero-order chi connectivity index (χ0) is 16.4. The molecule has 2 aromatic heterocycles. The average molecular weight is 315 g/mol. The summed E-state index contributed by atoms with van der Waals surface area (Å²) in [6.45, 7) is 1.85. The van der Waals surface area contributed by atoms with Gasteiger partial charge in [0.05, 0.1) is 7.11 Å². The third kappa shape index (κ3) is 3.13. The number of H-pyrrole nitrogens is 1. The fourth-order valence-corrected chi connectivity index (χ4v) is 2.20. The van der Waals surface area contributed by atoms with Gasteiger partial charge in [-0.2, -0.15) is 4.98 Å². The summed E-state index contributed by atoms with van der Waals surface area (Å²) in [5, 5.41) is 0.448. The Labute approximate surface area is 131 Å². The third-order valence-corrected chi connectivity index (χ3v) is 3.26. The molecule has 1 aromatic carbocycles. The minimum absolute atomic E-state index is 0.0548. The summed E-state index contributed by atoms with van der Waals surface area (Å²) in [6, 6.07) is 6.46. The molecule has 118 valence electrons. The lowest BCUT2D eigenvalue weighted by Crippen LogP contribution is -2.08. The van der Waals surface area contributed by atoms with Gasteiger partial charge in [-0.1, -0.05) is 0 Å². The van der Waals surface area contributed by atoms with Gasteiger partial charge in [-0.15, -0.1) is 0 Å². The van der Waals surface area contributed by atoms with E-state index in [1.807, 2.05) is 6.92 Å². The number of esters is 1. The Kier molecular flexibility index (Phi) is 3.92. The molecule has 3 aromatic rings. The molecule has 0 bridgehead atoms. The van der Waals surface area contributed by atoms with Crippen molar-refractivity contribution >= 4 is 16.9 Å². The van der Waals surface area contributed by atoms with Crippen LogP contribution in [0.15, 0.2) is 30.5 Å². The van der Waals surface area contributed by atoms with Crippen molar-refractivity contribution in [2.75, 3.05) is 7.11 Å². The van der Waals surface area contributed by atoms with Gasteiger partial charge in [0, 0.05) is 28.9 Å². The van der Waals surface area contributed by atoms with Gasteiger partial charge in [0.2, 0.25) is 5.88 Å². The number of fused-ring (bicyclic) bond motifs is 1. The standard InChI is InChI=1S/C16H14FN3O3/c1-9-7-10-11(19-9)3-4-12(16(10)17)23-14-5-6-18-13(20-14)8-15(21)22-2/h3-7,19H,8H2,1-2H3. The Balaban J connectivity index is 1.88. The van der Waals surface area contributed by atoms with Gasteiger partial charge in [0.15, 0.2) is 11.6 Å². The smallest absolute Gasteiger partial charge is 0.313 e. The molecule has 1 N–H and O–H groups in total. The summed E-state index contributed by atoms with van der Waals surface area (Å²) in [5.74, 6) is -0.477. The summed E-state index contributed by atoms with van der Waals surface area (Å²) < 4.78 is 24.5. The van der Waals surface area contributed by atoms with Crippen molar-refractivity contribution in [2.45, 2.75) is 13.3 Å². The minimum atomic E-state index is -0.472. The van der Waals surface area contributed by atoms with E-state index in [4.69, 9.17) is 4.74 Å². The molecule has 6 nitrogen and oxygen atoms in total. The first-order valence-electron chi connectivity index (χ1n) is 6.91. The van der Waals surface area contributed by atoms with E-state index in [-0.39, 0.29) is 23.9 Å². The highest BCUT2D eigenvalue weighted by Crippen LogP contribution is 2.29. The Hall–Kier alpha value is -2.96. The number of hydrogen-bond donors (Lipinski definition) is 1. The number of benzene rings is 1. The second-order valence-electron chi connectivity index (χ2n) is 4.96. The highest BCUT2D eigenvalue weighted by Gasteiger charge is 2.13. The molecule has 0 unspecified atom stereocenters. The molecule has 0 radical (unpaired) electrons. The van der Waals surface area contributed by atoms with E-state index >= 15 is 0 Å². The molecule has 2 heterocycles. The first-order valence-corrected chi connectivity index (χ1v) is 6.91. The normalized spacial score (nSPS) is 10.7. The Morgan fingerprint density at radius 2 is 2.17 bits per heavy atom. The van der Waals surface area contributed by atoms with Crippen molar-refractivity contribution in [1.82, 2.24) is 15.0 Å². The molecule has 0 spiro atoms. The molecule has 23 heavy (non-hydrogen) atoms. The van der Waals surface area contributed by atoms with E-state index in [9.17, 15) is 9.18 Å². The van der Waals surface area contributed by atoms with E-state index in [0.29, 0.717) is 10.9 Å². The molecular weight excluding hydrogens is 301 g/mol. The maximum Gasteiger partial charge on any atom is 0.313 e. The average Bonchev–Trinajstić information content (AvgIpc) is 2.92. The SMILES string of the molecule is COC(=O)Cc1nccc(Oc2ccc3[nH]c(C)cc3c2F)n1. The Morgan fingerprint density at radius 3 is 2.96 bits per heavy atom. The number of nitrogens with one attached hydrogen (secondary N) is 1. The van der Waals surface area contributed by atoms with E-state index < -0.39 is 11.8 Å². The number of nitrogens with zero attached hydrogens (tertiary/aromatic N) is 2. The largest absolute Gasteiger partial charge is 0.469 e. The molecule has 7 heteroatoms. The van der Waals surface area contributed by atoms with Gasteiger partial charge in [-0.25, -0.2) is 9.37 Å². The number of methoxy groups -OCH3 is 1. The Morgan fingerprint density at radius 1 is 1.35 bits per heavy atom. The molecular formula is C16H14FN3O3. The third-order valence-electron chi connectivity index (χ3n) is 3.26. The van der Waals surface area contributed by atoms with E-state index in [2.05, 4.69) is 19.7 Å². The van der Waals surface area contributed by atoms with E-state index in [0.717, 1.165) is 5.69 Å². The highest BCUT2D eigenvalue weighted by atomic mass is 19.1. The van der Waals surface area contributed by atoms with Crippen molar-refractivity contribution in [1.29, 1.82) is 0 Å². The number of aryl methyl sites for hydroxylation is 1. The molecule has 0 aliphatic heterocycles. The van der Waals surface area contributed by atoms with Crippen LogP contribution in [0.5, 0.6) is 11.6 Å². The molecule has 3 rings (SSSR count). The lowest BCUT2D eigenvalue weighted by molar-refractivity contribution is -0.139. The fourth-order valence-electron chi connectivity index (χ4n) is 2.20. The molecule has 0 aliphatic rings. The summed E-state index contributed by atoms with van der Waals surface area (Å²) in [6.07, 6.45) is 1.36. The van der Waals surface area contributed by atoms with E-state index in [1.165, 1.54) is 25.4 Å². The quantitative estimate of drug-likeness (QED) is 0.749. The maximum absolute atomic E-state index is 14.5. The van der Waals surface area contributed by atoms with Crippen LogP contribution in [0.1, 0.15) is 11.5 Å². The summed E-state index contributed by atoms with van der Waals surface area (Å²) in [5.41, 5.74) is 1.56. The number of rotatable bonds is 4. The summed E-state index contributed by atoms with van der Waals surface area (Å²) in [7, 11) is 1.28. The maximum atomic E-state index is 14.5. The van der Waals surface area contributed by atoms with E-state index in [1.54, 1.807) is 12.1 Å². The van der Waals surface area contributed by atoms with Crippen LogP contribution >= 0.6 is 0 Å². The number of aromatic amines is 1. The van der Waals surface area contributed by atoms with Gasteiger partial charge < -0.3 is 14.5 Å². The van der Waals surface area contributed by atoms with Gasteiger partial charge >= 0.3 is 5.97 Å². The molecule has 0 saturated heterocycles. The number of ether oxygens (including phenoxy) is 2. The van der Waals surface area contributed by atoms with Gasteiger partial charge in [-0.05, 0) is 25.1 Å².